The number of aliphatic imine (C=N–C) groups is 1. The Morgan fingerprint density at radius 2 is 2.24 bits per heavy atom. The van der Waals surface area contributed by atoms with Gasteiger partial charge in [0, 0.05) is 0 Å². The van der Waals surface area contributed by atoms with Crippen molar-refractivity contribution in [1.82, 2.24) is 15.9 Å². The number of hydrazine groups is 1. The first kappa shape index (κ1) is 18.7. The highest BCUT2D eigenvalue weighted by Gasteiger charge is 2.21. The number of carbonyl (C=O) groups is 2. The van der Waals surface area contributed by atoms with Crippen molar-refractivity contribution in [2.75, 3.05) is 18.4 Å². The van der Waals surface area contributed by atoms with Crippen molar-refractivity contribution in [3.8, 4) is 0 Å². The fraction of sp³-hybridized carbons (Fsp3) is 0.471. The lowest BCUT2D eigenvalue weighted by atomic mass is 10.0. The Bertz CT molecular complexity index is 620. The molecule has 1 aromatic rings. The Kier molecular flexibility index (Phi) is 7.21. The van der Waals surface area contributed by atoms with Gasteiger partial charge in [-0.05, 0) is 18.6 Å². The van der Waals surface area contributed by atoms with Crippen LogP contribution in [-0.4, -0.2) is 41.5 Å². The van der Waals surface area contributed by atoms with E-state index in [4.69, 9.17) is 0 Å². The van der Waals surface area contributed by atoms with Crippen LogP contribution < -0.4 is 16.2 Å². The van der Waals surface area contributed by atoms with E-state index < -0.39 is 5.92 Å². The molecule has 0 radical (unpaired) electrons. The third kappa shape index (κ3) is 5.75. The minimum atomic E-state index is -0.487. The van der Waals surface area contributed by atoms with Crippen molar-refractivity contribution in [2.45, 2.75) is 32.6 Å². The second kappa shape index (κ2) is 9.63. The zero-order valence-corrected chi connectivity index (χ0v) is 14.4. The van der Waals surface area contributed by atoms with Crippen molar-refractivity contribution >= 4 is 29.5 Å². The SMILES string of the molecule is CCCCC[C@H](CN(O)C=O)C(=O)NNC1=Nc2ccccc2NC1. The first-order valence-corrected chi connectivity index (χ1v) is 8.51. The van der Waals surface area contributed by atoms with Crippen LogP contribution in [0.3, 0.4) is 0 Å². The lowest BCUT2D eigenvalue weighted by Crippen LogP contribution is -2.48. The summed E-state index contributed by atoms with van der Waals surface area (Å²) in [6.07, 6.45) is 3.79. The molecule has 0 saturated heterocycles. The Hall–Kier alpha value is -2.61. The van der Waals surface area contributed by atoms with Crippen molar-refractivity contribution in [2.24, 2.45) is 10.9 Å². The molecule has 0 unspecified atom stereocenters. The third-order valence-corrected chi connectivity index (χ3v) is 3.99. The maximum absolute atomic E-state index is 12.4. The van der Waals surface area contributed by atoms with Gasteiger partial charge >= 0.3 is 0 Å². The standard InChI is InChI=1S/C17H25N5O3/c1-2-3-4-7-13(11-22(25)12-23)17(24)21-20-16-10-18-14-8-5-6-9-15(14)19-16/h5-6,8-9,12-13,18,25H,2-4,7,10-11H2,1H3,(H,19,20)(H,21,24)/t13-/m1/s1. The number of hydrogen-bond acceptors (Lipinski definition) is 6. The Balaban J connectivity index is 1.91. The van der Waals surface area contributed by atoms with Crippen LogP contribution in [0.4, 0.5) is 11.4 Å². The normalized spacial score (nSPS) is 13.8. The molecule has 0 saturated carbocycles. The molecule has 136 valence electrons. The summed E-state index contributed by atoms with van der Waals surface area (Å²) in [6.45, 7) is 2.51. The maximum atomic E-state index is 12.4. The smallest absolute Gasteiger partial charge is 0.243 e. The molecule has 1 aliphatic rings. The number of para-hydroxylation sites is 2. The second-order valence-corrected chi connectivity index (χ2v) is 5.96. The molecule has 2 amide bonds. The lowest BCUT2D eigenvalue weighted by molar-refractivity contribution is -0.154. The summed E-state index contributed by atoms with van der Waals surface area (Å²) in [6, 6.07) is 7.64. The molecular formula is C17H25N5O3. The second-order valence-electron chi connectivity index (χ2n) is 5.96. The molecule has 1 aliphatic heterocycles. The molecule has 0 fully saturated rings. The average Bonchev–Trinajstić information content (AvgIpc) is 2.65. The van der Waals surface area contributed by atoms with Gasteiger partial charge in [-0.25, -0.2) is 10.1 Å². The molecule has 25 heavy (non-hydrogen) atoms. The van der Waals surface area contributed by atoms with E-state index in [2.05, 4.69) is 28.1 Å². The number of hydroxylamine groups is 2. The van der Waals surface area contributed by atoms with Gasteiger partial charge in [0.05, 0.1) is 30.4 Å². The Labute approximate surface area is 147 Å². The number of hydrogen-bond donors (Lipinski definition) is 4. The topological polar surface area (TPSA) is 106 Å². The monoisotopic (exact) mass is 347 g/mol. The number of amidine groups is 1. The molecule has 8 heteroatoms. The van der Waals surface area contributed by atoms with E-state index in [9.17, 15) is 14.8 Å². The van der Waals surface area contributed by atoms with Gasteiger partial charge in [0.25, 0.3) is 0 Å². The van der Waals surface area contributed by atoms with Crippen molar-refractivity contribution in [3.05, 3.63) is 24.3 Å². The molecule has 0 bridgehead atoms. The summed E-state index contributed by atoms with van der Waals surface area (Å²) in [7, 11) is 0. The van der Waals surface area contributed by atoms with Crippen LogP contribution in [0.5, 0.6) is 0 Å². The predicted molar refractivity (Wildman–Crippen MR) is 95.5 cm³/mol. The van der Waals surface area contributed by atoms with Gasteiger partial charge in [0.2, 0.25) is 12.3 Å². The summed E-state index contributed by atoms with van der Waals surface area (Å²) in [4.78, 5) is 27.4. The van der Waals surface area contributed by atoms with Gasteiger partial charge in [-0.15, -0.1) is 0 Å². The summed E-state index contributed by atoms with van der Waals surface area (Å²) in [5.41, 5.74) is 7.19. The first-order valence-electron chi connectivity index (χ1n) is 8.51. The predicted octanol–water partition coefficient (Wildman–Crippen LogP) is 1.81. The van der Waals surface area contributed by atoms with Crippen LogP contribution in [0.1, 0.15) is 32.6 Å². The Morgan fingerprint density at radius 3 is 3.00 bits per heavy atom. The molecule has 2 rings (SSSR count). The van der Waals surface area contributed by atoms with Gasteiger partial charge in [-0.1, -0.05) is 38.3 Å². The largest absolute Gasteiger partial charge is 0.376 e. The number of rotatable bonds is 8. The molecule has 1 aromatic carbocycles. The van der Waals surface area contributed by atoms with Crippen molar-refractivity contribution < 1.29 is 14.8 Å². The minimum Gasteiger partial charge on any atom is -0.376 e. The van der Waals surface area contributed by atoms with E-state index in [1.54, 1.807) is 0 Å². The molecule has 1 atom stereocenters. The number of nitrogens with zero attached hydrogens (tertiary/aromatic N) is 2. The fourth-order valence-electron chi connectivity index (χ4n) is 2.61. The molecule has 0 aromatic heterocycles. The van der Waals surface area contributed by atoms with E-state index >= 15 is 0 Å². The van der Waals surface area contributed by atoms with Crippen LogP contribution in [0.2, 0.25) is 0 Å². The van der Waals surface area contributed by atoms with Gasteiger partial charge in [-0.2, -0.15) is 0 Å². The van der Waals surface area contributed by atoms with Crippen molar-refractivity contribution in [3.63, 3.8) is 0 Å². The summed E-state index contributed by atoms with van der Waals surface area (Å²) in [5, 5.41) is 13.1. The van der Waals surface area contributed by atoms with Crippen LogP contribution in [-0.2, 0) is 9.59 Å². The van der Waals surface area contributed by atoms with Gasteiger partial charge in [0.1, 0.15) is 5.84 Å². The quantitative estimate of drug-likeness (QED) is 0.248. The van der Waals surface area contributed by atoms with E-state index in [-0.39, 0.29) is 12.5 Å². The summed E-state index contributed by atoms with van der Waals surface area (Å²) in [5.74, 6) is -0.173. The van der Waals surface area contributed by atoms with Crippen molar-refractivity contribution in [1.29, 1.82) is 0 Å². The van der Waals surface area contributed by atoms with Crippen LogP contribution in [0.15, 0.2) is 29.3 Å². The number of unbranched alkanes of at least 4 members (excludes halogenated alkanes) is 2. The summed E-state index contributed by atoms with van der Waals surface area (Å²) < 4.78 is 0. The summed E-state index contributed by atoms with van der Waals surface area (Å²) >= 11 is 0. The molecular weight excluding hydrogens is 322 g/mol. The van der Waals surface area contributed by atoms with Crippen LogP contribution in [0, 0.1) is 5.92 Å². The molecule has 4 N–H and O–H groups in total. The highest BCUT2D eigenvalue weighted by Crippen LogP contribution is 2.26. The van der Waals surface area contributed by atoms with Gasteiger partial charge in [0.15, 0.2) is 0 Å². The average molecular weight is 347 g/mol. The third-order valence-electron chi connectivity index (χ3n) is 3.99. The Morgan fingerprint density at radius 1 is 1.44 bits per heavy atom. The van der Waals surface area contributed by atoms with E-state index in [0.717, 1.165) is 30.6 Å². The number of benzene rings is 1. The highest BCUT2D eigenvalue weighted by atomic mass is 16.5. The number of amides is 2. The van der Waals surface area contributed by atoms with Gasteiger partial charge < -0.3 is 5.32 Å². The van der Waals surface area contributed by atoms with E-state index in [1.807, 2.05) is 24.3 Å². The van der Waals surface area contributed by atoms with Crippen LogP contribution >= 0.6 is 0 Å². The number of anilines is 1. The maximum Gasteiger partial charge on any atom is 0.243 e. The molecule has 0 aliphatic carbocycles. The first-order chi connectivity index (χ1) is 12.1. The molecule has 0 spiro atoms. The van der Waals surface area contributed by atoms with E-state index in [0.29, 0.717) is 30.3 Å². The lowest BCUT2D eigenvalue weighted by Gasteiger charge is -2.22. The number of nitrogens with one attached hydrogen (secondary N) is 3. The number of carbonyl (C=O) groups excluding carboxylic acids is 2. The minimum absolute atomic E-state index is 0.0334. The molecule has 1 heterocycles. The zero-order valence-electron chi connectivity index (χ0n) is 14.4. The van der Waals surface area contributed by atoms with Gasteiger partial charge in [-0.3, -0.25) is 25.6 Å². The zero-order chi connectivity index (χ0) is 18.1. The fourth-order valence-corrected chi connectivity index (χ4v) is 2.61. The highest BCUT2D eigenvalue weighted by molar-refractivity contribution is 5.94. The number of fused-ring (bicyclic) bond motifs is 1. The molecule has 8 nitrogen and oxygen atoms in total. The van der Waals surface area contributed by atoms with E-state index in [1.165, 1.54) is 0 Å². The van der Waals surface area contributed by atoms with Crippen LogP contribution in [0.25, 0.3) is 0 Å².